The van der Waals surface area contributed by atoms with Gasteiger partial charge in [0.25, 0.3) is 0 Å². The number of nitrogens with zero attached hydrogens (tertiary/aromatic N) is 1. The fourth-order valence-corrected chi connectivity index (χ4v) is 2.40. The first-order valence-electron chi connectivity index (χ1n) is 5.14. The van der Waals surface area contributed by atoms with Gasteiger partial charge in [-0.25, -0.2) is 0 Å². The summed E-state index contributed by atoms with van der Waals surface area (Å²) >= 11 is 2.31. The predicted molar refractivity (Wildman–Crippen MR) is 74.5 cm³/mol. The third kappa shape index (κ3) is 3.25. The van der Waals surface area contributed by atoms with Gasteiger partial charge in [-0.1, -0.05) is 6.07 Å². The number of likely N-dealkylation sites (N-methyl/N-ethyl adjacent to an activating group) is 1. The van der Waals surface area contributed by atoms with Gasteiger partial charge in [0.05, 0.1) is 17.8 Å². The lowest BCUT2D eigenvalue weighted by Crippen LogP contribution is -2.15. The topological polar surface area (TPSA) is 21.7 Å². The van der Waals surface area contributed by atoms with Crippen molar-refractivity contribution < 1.29 is 9.47 Å². The number of halogens is 1. The highest BCUT2D eigenvalue weighted by Gasteiger charge is 2.12. The van der Waals surface area contributed by atoms with Gasteiger partial charge in [0, 0.05) is 6.54 Å². The SMILES string of the molecule is COc1ccc(CCN(C)C)c(I)c1OC. The van der Waals surface area contributed by atoms with Crippen LogP contribution in [0.4, 0.5) is 0 Å². The maximum Gasteiger partial charge on any atom is 0.174 e. The Morgan fingerprint density at radius 3 is 2.38 bits per heavy atom. The van der Waals surface area contributed by atoms with Crippen molar-refractivity contribution in [1.29, 1.82) is 0 Å². The standard InChI is InChI=1S/C12H18INO2/c1-14(2)8-7-9-5-6-10(15-3)12(16-4)11(9)13/h5-6H,7-8H2,1-4H3. The zero-order valence-corrected chi connectivity index (χ0v) is 12.4. The van der Waals surface area contributed by atoms with Crippen LogP contribution in [0.5, 0.6) is 11.5 Å². The van der Waals surface area contributed by atoms with Crippen LogP contribution in [0.3, 0.4) is 0 Å². The minimum atomic E-state index is 0.792. The molecule has 3 nitrogen and oxygen atoms in total. The summed E-state index contributed by atoms with van der Waals surface area (Å²) in [4.78, 5) is 2.17. The Bertz CT molecular complexity index is 353. The molecule has 1 aromatic carbocycles. The van der Waals surface area contributed by atoms with Crippen molar-refractivity contribution in [2.75, 3.05) is 34.9 Å². The van der Waals surface area contributed by atoms with Gasteiger partial charge in [-0.3, -0.25) is 0 Å². The van der Waals surface area contributed by atoms with E-state index in [2.05, 4.69) is 47.7 Å². The van der Waals surface area contributed by atoms with Crippen LogP contribution in [0, 0.1) is 3.57 Å². The van der Waals surface area contributed by atoms with Gasteiger partial charge in [0.15, 0.2) is 11.5 Å². The minimum Gasteiger partial charge on any atom is -0.493 e. The summed E-state index contributed by atoms with van der Waals surface area (Å²) in [5.41, 5.74) is 1.30. The lowest BCUT2D eigenvalue weighted by Gasteiger charge is -2.14. The zero-order chi connectivity index (χ0) is 12.1. The minimum absolute atomic E-state index is 0.792. The van der Waals surface area contributed by atoms with E-state index in [4.69, 9.17) is 9.47 Å². The molecule has 0 aliphatic carbocycles. The van der Waals surface area contributed by atoms with Gasteiger partial charge < -0.3 is 14.4 Å². The molecule has 0 aliphatic heterocycles. The first-order chi connectivity index (χ1) is 7.60. The van der Waals surface area contributed by atoms with Crippen molar-refractivity contribution in [3.8, 4) is 11.5 Å². The van der Waals surface area contributed by atoms with Crippen LogP contribution in [0.15, 0.2) is 12.1 Å². The number of hydrogen-bond donors (Lipinski definition) is 0. The van der Waals surface area contributed by atoms with E-state index in [1.54, 1.807) is 14.2 Å². The van der Waals surface area contributed by atoms with Crippen molar-refractivity contribution in [3.63, 3.8) is 0 Å². The largest absolute Gasteiger partial charge is 0.493 e. The average Bonchev–Trinajstić information content (AvgIpc) is 2.26. The number of ether oxygens (including phenoxy) is 2. The summed E-state index contributed by atoms with van der Waals surface area (Å²) in [5.74, 6) is 1.62. The van der Waals surface area contributed by atoms with Crippen molar-refractivity contribution in [3.05, 3.63) is 21.3 Å². The van der Waals surface area contributed by atoms with E-state index >= 15 is 0 Å². The monoisotopic (exact) mass is 335 g/mol. The fourth-order valence-electron chi connectivity index (χ4n) is 1.47. The highest BCUT2D eigenvalue weighted by atomic mass is 127. The Labute approximate surface area is 111 Å². The van der Waals surface area contributed by atoms with Crippen LogP contribution in [-0.4, -0.2) is 39.8 Å². The van der Waals surface area contributed by atoms with Gasteiger partial charge in [0.1, 0.15) is 0 Å². The Kier molecular flexibility index (Phi) is 5.34. The molecular formula is C12H18INO2. The lowest BCUT2D eigenvalue weighted by atomic mass is 10.1. The van der Waals surface area contributed by atoms with E-state index in [-0.39, 0.29) is 0 Å². The van der Waals surface area contributed by atoms with Gasteiger partial charge in [0.2, 0.25) is 0 Å². The van der Waals surface area contributed by atoms with Gasteiger partial charge in [-0.05, 0) is 54.7 Å². The molecule has 16 heavy (non-hydrogen) atoms. The molecule has 0 bridgehead atoms. The van der Waals surface area contributed by atoms with Gasteiger partial charge in [-0.15, -0.1) is 0 Å². The summed E-state index contributed by atoms with van der Waals surface area (Å²) in [6, 6.07) is 4.07. The lowest BCUT2D eigenvalue weighted by molar-refractivity contribution is 0.351. The van der Waals surface area contributed by atoms with Crippen LogP contribution in [-0.2, 0) is 6.42 Å². The zero-order valence-electron chi connectivity index (χ0n) is 10.2. The first-order valence-corrected chi connectivity index (χ1v) is 6.22. The normalized spacial score (nSPS) is 10.6. The van der Waals surface area contributed by atoms with Crippen LogP contribution in [0.25, 0.3) is 0 Å². The molecule has 0 saturated carbocycles. The smallest absolute Gasteiger partial charge is 0.174 e. The Hall–Kier alpha value is -0.490. The van der Waals surface area contributed by atoms with Crippen molar-refractivity contribution in [1.82, 2.24) is 4.90 Å². The molecule has 0 heterocycles. The quantitative estimate of drug-likeness (QED) is 0.772. The van der Waals surface area contributed by atoms with E-state index < -0.39 is 0 Å². The Morgan fingerprint density at radius 2 is 1.88 bits per heavy atom. The van der Waals surface area contributed by atoms with Gasteiger partial charge >= 0.3 is 0 Å². The second-order valence-corrected chi connectivity index (χ2v) is 4.91. The molecule has 90 valence electrons. The molecule has 0 spiro atoms. The maximum absolute atomic E-state index is 5.37. The molecule has 1 aromatic rings. The first kappa shape index (κ1) is 13.6. The Morgan fingerprint density at radius 1 is 1.19 bits per heavy atom. The molecule has 0 radical (unpaired) electrons. The highest BCUT2D eigenvalue weighted by molar-refractivity contribution is 14.1. The summed E-state index contributed by atoms with van der Waals surface area (Å²) in [6.45, 7) is 1.03. The molecule has 1 rings (SSSR count). The van der Waals surface area contributed by atoms with E-state index in [1.807, 2.05) is 6.07 Å². The summed E-state index contributed by atoms with van der Waals surface area (Å²) < 4.78 is 11.8. The highest BCUT2D eigenvalue weighted by Crippen LogP contribution is 2.34. The molecule has 0 N–H and O–H groups in total. The second kappa shape index (κ2) is 6.30. The van der Waals surface area contributed by atoms with Crippen LogP contribution >= 0.6 is 22.6 Å². The van der Waals surface area contributed by atoms with Crippen molar-refractivity contribution in [2.24, 2.45) is 0 Å². The third-order valence-corrected chi connectivity index (χ3v) is 3.58. The van der Waals surface area contributed by atoms with Crippen LogP contribution in [0.2, 0.25) is 0 Å². The van der Waals surface area contributed by atoms with E-state index in [9.17, 15) is 0 Å². The molecule has 0 unspecified atom stereocenters. The third-order valence-electron chi connectivity index (χ3n) is 2.39. The number of hydrogen-bond acceptors (Lipinski definition) is 3. The average molecular weight is 335 g/mol. The molecule has 0 amide bonds. The van der Waals surface area contributed by atoms with Gasteiger partial charge in [-0.2, -0.15) is 0 Å². The Balaban J connectivity index is 2.95. The predicted octanol–water partition coefficient (Wildman–Crippen LogP) is 2.41. The fraction of sp³-hybridized carbons (Fsp3) is 0.500. The number of benzene rings is 1. The number of methoxy groups -OCH3 is 2. The van der Waals surface area contributed by atoms with Crippen molar-refractivity contribution in [2.45, 2.75) is 6.42 Å². The molecule has 0 fully saturated rings. The molecule has 0 atom stereocenters. The summed E-state index contributed by atoms with van der Waals surface area (Å²) in [7, 11) is 7.49. The summed E-state index contributed by atoms with van der Waals surface area (Å²) in [6.07, 6.45) is 1.02. The van der Waals surface area contributed by atoms with E-state index in [0.717, 1.165) is 28.0 Å². The molecule has 0 aromatic heterocycles. The molecule has 0 aliphatic rings. The molecular weight excluding hydrogens is 317 g/mol. The van der Waals surface area contributed by atoms with E-state index in [0.29, 0.717) is 0 Å². The van der Waals surface area contributed by atoms with E-state index in [1.165, 1.54) is 5.56 Å². The number of rotatable bonds is 5. The van der Waals surface area contributed by atoms with Crippen molar-refractivity contribution >= 4 is 22.6 Å². The van der Waals surface area contributed by atoms with Crippen LogP contribution in [0.1, 0.15) is 5.56 Å². The van der Waals surface area contributed by atoms with Crippen LogP contribution < -0.4 is 9.47 Å². The molecule has 0 saturated heterocycles. The maximum atomic E-state index is 5.37. The summed E-state index contributed by atoms with van der Waals surface area (Å²) in [5, 5.41) is 0. The second-order valence-electron chi connectivity index (χ2n) is 3.83. The molecule has 4 heteroatoms.